The first-order valence-corrected chi connectivity index (χ1v) is 9.87. The molecule has 8 nitrogen and oxygen atoms in total. The number of halogens is 2. The lowest BCUT2D eigenvalue weighted by atomic mass is 10.1. The molecule has 0 amide bonds. The van der Waals surface area contributed by atoms with E-state index in [2.05, 4.69) is 25.4 Å². The molecular formula is C21H15Cl2N5O3. The van der Waals surface area contributed by atoms with Gasteiger partial charge in [0, 0.05) is 23.3 Å². The van der Waals surface area contributed by atoms with Crippen LogP contribution in [0.2, 0.25) is 10.0 Å². The number of nitrogens with zero attached hydrogens (tertiary/aromatic N) is 4. The van der Waals surface area contributed by atoms with Crippen molar-refractivity contribution in [3.63, 3.8) is 0 Å². The number of nitrogens with one attached hydrogen (secondary N) is 1. The molecule has 0 spiro atoms. The minimum Gasteiger partial charge on any atom is -0.486 e. The Morgan fingerprint density at radius 2 is 1.90 bits per heavy atom. The molecule has 0 saturated heterocycles. The average molecular weight is 456 g/mol. The van der Waals surface area contributed by atoms with E-state index in [1.807, 2.05) is 25.1 Å². The fraction of sp³-hybridized carbons (Fsp3) is 0.0952. The maximum Gasteiger partial charge on any atom is 0.356 e. The Labute approximate surface area is 186 Å². The van der Waals surface area contributed by atoms with Gasteiger partial charge in [-0.3, -0.25) is 10.1 Å². The Hall–Kier alpha value is -3.49. The molecule has 4 rings (SSSR count). The van der Waals surface area contributed by atoms with E-state index in [0.29, 0.717) is 32.7 Å². The van der Waals surface area contributed by atoms with Crippen LogP contribution >= 0.6 is 23.2 Å². The Morgan fingerprint density at radius 1 is 1.13 bits per heavy atom. The van der Waals surface area contributed by atoms with Crippen LogP contribution in [0.1, 0.15) is 40.5 Å². The van der Waals surface area contributed by atoms with E-state index in [4.69, 9.17) is 33.0 Å². The molecule has 0 aliphatic heterocycles. The van der Waals surface area contributed by atoms with Gasteiger partial charge in [-0.2, -0.15) is 10.2 Å². The molecule has 0 aliphatic rings. The molecule has 0 radical (unpaired) electrons. The van der Waals surface area contributed by atoms with Crippen LogP contribution in [0.15, 0.2) is 42.7 Å². The number of carboxylic acids is 1. The van der Waals surface area contributed by atoms with Gasteiger partial charge in [0.1, 0.15) is 11.9 Å². The van der Waals surface area contributed by atoms with Crippen LogP contribution in [-0.4, -0.2) is 36.5 Å². The van der Waals surface area contributed by atoms with E-state index < -0.39 is 12.1 Å². The lowest BCUT2D eigenvalue weighted by Crippen LogP contribution is -2.05. The van der Waals surface area contributed by atoms with Crippen molar-refractivity contribution >= 4 is 52.2 Å². The van der Waals surface area contributed by atoms with Crippen LogP contribution in [0.4, 0.5) is 0 Å². The Bertz CT molecular complexity index is 1270. The average Bonchev–Trinajstić information content (AvgIpc) is 3.14. The first-order chi connectivity index (χ1) is 14.9. The third-order valence-corrected chi connectivity index (χ3v) is 5.09. The summed E-state index contributed by atoms with van der Waals surface area (Å²) >= 11 is 12.5. The van der Waals surface area contributed by atoms with Gasteiger partial charge in [-0.05, 0) is 49.4 Å². The summed E-state index contributed by atoms with van der Waals surface area (Å²) in [5.41, 5.74) is 2.54. The Kier molecular flexibility index (Phi) is 5.83. The van der Waals surface area contributed by atoms with Crippen molar-refractivity contribution in [2.24, 2.45) is 0 Å². The van der Waals surface area contributed by atoms with Crippen LogP contribution in [-0.2, 0) is 0 Å². The van der Waals surface area contributed by atoms with Gasteiger partial charge in [-0.15, -0.1) is 5.10 Å². The summed E-state index contributed by atoms with van der Waals surface area (Å²) < 4.78 is 6.05. The number of hydrogen-bond acceptors (Lipinski definition) is 6. The van der Waals surface area contributed by atoms with Gasteiger partial charge in [0.25, 0.3) is 0 Å². The van der Waals surface area contributed by atoms with Crippen LogP contribution in [0.5, 0.6) is 5.75 Å². The van der Waals surface area contributed by atoms with Crippen molar-refractivity contribution in [3.8, 4) is 5.75 Å². The van der Waals surface area contributed by atoms with E-state index in [1.54, 1.807) is 18.2 Å². The fourth-order valence-corrected chi connectivity index (χ4v) is 3.67. The lowest BCUT2D eigenvalue weighted by Gasteiger charge is -2.17. The predicted octanol–water partition coefficient (Wildman–Crippen LogP) is 5.06. The first kappa shape index (κ1) is 20.8. The predicted molar refractivity (Wildman–Crippen MR) is 117 cm³/mol. The maximum atomic E-state index is 10.9. The van der Waals surface area contributed by atoms with Crippen LogP contribution in [0, 0.1) is 0 Å². The zero-order chi connectivity index (χ0) is 22.0. The summed E-state index contributed by atoms with van der Waals surface area (Å²) in [6, 6.07) is 8.50. The Morgan fingerprint density at radius 3 is 2.58 bits per heavy atom. The zero-order valence-electron chi connectivity index (χ0n) is 16.1. The number of benzene rings is 1. The Balaban J connectivity index is 1.58. The zero-order valence-corrected chi connectivity index (χ0v) is 17.6. The highest BCUT2D eigenvalue weighted by Crippen LogP contribution is 2.33. The SMILES string of the molecule is CC(Oc1ccc2[nH]nc(/C=C/c3ccc(C(=O)O)nn3)c2c1)c1c(Cl)cncc1Cl. The number of aromatic nitrogens is 5. The van der Waals surface area contributed by atoms with Gasteiger partial charge in [0.05, 0.1) is 26.9 Å². The number of rotatable bonds is 6. The van der Waals surface area contributed by atoms with Gasteiger partial charge in [0.15, 0.2) is 5.69 Å². The molecule has 31 heavy (non-hydrogen) atoms. The molecule has 1 unspecified atom stereocenters. The molecule has 10 heteroatoms. The van der Waals surface area contributed by atoms with Crippen LogP contribution in [0.3, 0.4) is 0 Å². The molecule has 0 bridgehead atoms. The van der Waals surface area contributed by atoms with Gasteiger partial charge in [-0.25, -0.2) is 4.79 Å². The molecule has 3 aromatic heterocycles. The second-order valence-corrected chi connectivity index (χ2v) is 7.39. The molecule has 3 heterocycles. The number of carbonyl (C=O) groups is 1. The molecule has 4 aromatic rings. The molecular weight excluding hydrogens is 441 g/mol. The molecule has 1 atom stereocenters. The summed E-state index contributed by atoms with van der Waals surface area (Å²) in [5.74, 6) is -0.511. The van der Waals surface area contributed by atoms with Crippen LogP contribution < -0.4 is 4.74 Å². The highest BCUT2D eigenvalue weighted by molar-refractivity contribution is 6.35. The summed E-state index contributed by atoms with van der Waals surface area (Å²) in [6.45, 7) is 1.85. The summed E-state index contributed by atoms with van der Waals surface area (Å²) in [4.78, 5) is 14.8. The van der Waals surface area contributed by atoms with Crippen molar-refractivity contribution < 1.29 is 14.6 Å². The molecule has 0 fully saturated rings. The van der Waals surface area contributed by atoms with E-state index >= 15 is 0 Å². The smallest absolute Gasteiger partial charge is 0.356 e. The molecule has 0 aliphatic carbocycles. The van der Waals surface area contributed by atoms with Crippen molar-refractivity contribution in [3.05, 3.63) is 75.4 Å². The third-order valence-electron chi connectivity index (χ3n) is 4.49. The van der Waals surface area contributed by atoms with E-state index in [0.717, 1.165) is 10.9 Å². The third kappa shape index (κ3) is 4.50. The topological polar surface area (TPSA) is 114 Å². The lowest BCUT2D eigenvalue weighted by molar-refractivity contribution is 0.0689. The first-order valence-electron chi connectivity index (χ1n) is 9.11. The second-order valence-electron chi connectivity index (χ2n) is 6.58. The minimum absolute atomic E-state index is 0.118. The van der Waals surface area contributed by atoms with E-state index in [1.165, 1.54) is 18.5 Å². The number of hydrogen-bond donors (Lipinski definition) is 2. The molecule has 1 aromatic carbocycles. The standard InChI is InChI=1S/C21H15Cl2N5O3/c1-11(20-15(22)9-24-10-16(20)23)31-13-4-7-18-14(8-13)17(26-27-18)5-2-12-3-6-19(21(29)30)28-25-12/h2-11H,1H3,(H,26,27)(H,29,30)/b5-2+. The van der Waals surface area contributed by atoms with Crippen LogP contribution in [0.25, 0.3) is 23.1 Å². The minimum atomic E-state index is -1.13. The summed E-state index contributed by atoms with van der Waals surface area (Å²) in [5, 5.41) is 25.4. The number of ether oxygens (including phenoxy) is 1. The van der Waals surface area contributed by atoms with E-state index in [9.17, 15) is 4.79 Å². The highest BCUT2D eigenvalue weighted by Gasteiger charge is 2.16. The second kappa shape index (κ2) is 8.71. The molecule has 0 saturated carbocycles. The number of H-pyrrole nitrogens is 1. The number of pyridine rings is 1. The van der Waals surface area contributed by atoms with Crippen molar-refractivity contribution in [1.29, 1.82) is 0 Å². The van der Waals surface area contributed by atoms with Gasteiger partial charge < -0.3 is 9.84 Å². The molecule has 2 N–H and O–H groups in total. The number of aromatic carboxylic acids is 1. The quantitative estimate of drug-likeness (QED) is 0.417. The largest absolute Gasteiger partial charge is 0.486 e. The van der Waals surface area contributed by atoms with Crippen molar-refractivity contribution in [2.75, 3.05) is 0 Å². The number of carboxylic acid groups (broad SMARTS) is 1. The maximum absolute atomic E-state index is 10.9. The number of fused-ring (bicyclic) bond motifs is 1. The monoisotopic (exact) mass is 455 g/mol. The van der Waals surface area contributed by atoms with Gasteiger partial charge >= 0.3 is 5.97 Å². The van der Waals surface area contributed by atoms with E-state index in [-0.39, 0.29) is 5.69 Å². The molecule has 156 valence electrons. The van der Waals surface area contributed by atoms with Gasteiger partial charge in [-0.1, -0.05) is 23.2 Å². The van der Waals surface area contributed by atoms with Crippen molar-refractivity contribution in [1.82, 2.24) is 25.4 Å². The normalized spacial score (nSPS) is 12.4. The fourth-order valence-electron chi connectivity index (χ4n) is 3.00. The van der Waals surface area contributed by atoms with Crippen molar-refractivity contribution in [2.45, 2.75) is 13.0 Å². The summed E-state index contributed by atoms with van der Waals surface area (Å²) in [7, 11) is 0. The van der Waals surface area contributed by atoms with Gasteiger partial charge in [0.2, 0.25) is 0 Å². The highest BCUT2D eigenvalue weighted by atomic mass is 35.5. The number of aromatic amines is 1. The summed E-state index contributed by atoms with van der Waals surface area (Å²) in [6.07, 6.45) is 6.11.